The highest BCUT2D eigenvalue weighted by Crippen LogP contribution is 2.45. The summed E-state index contributed by atoms with van der Waals surface area (Å²) in [6.45, 7) is 3.89. The fraction of sp³-hybridized carbons (Fsp3) is 0.133. The molecular formula is C30H24ClNO5. The number of carbonyl (C=O) groups excluding carboxylic acids is 2. The van der Waals surface area contributed by atoms with Crippen LogP contribution < -0.4 is 9.64 Å². The molecule has 0 saturated carbocycles. The van der Waals surface area contributed by atoms with E-state index in [0.717, 1.165) is 10.8 Å². The minimum Gasteiger partial charge on any atom is -0.507 e. The first kappa shape index (κ1) is 24.4. The lowest BCUT2D eigenvalue weighted by atomic mass is 9.93. The fourth-order valence-corrected chi connectivity index (χ4v) is 5.06. The Kier molecular flexibility index (Phi) is 6.36. The molecule has 1 aliphatic rings. The molecule has 4 aromatic carbocycles. The van der Waals surface area contributed by atoms with Gasteiger partial charge in [-0.1, -0.05) is 60.1 Å². The van der Waals surface area contributed by atoms with E-state index in [2.05, 4.69) is 0 Å². The largest absolute Gasteiger partial charge is 0.507 e. The molecule has 0 spiro atoms. The van der Waals surface area contributed by atoms with Crippen molar-refractivity contribution in [2.24, 2.45) is 0 Å². The summed E-state index contributed by atoms with van der Waals surface area (Å²) in [5, 5.41) is 24.0. The van der Waals surface area contributed by atoms with E-state index in [1.54, 1.807) is 56.3 Å². The summed E-state index contributed by atoms with van der Waals surface area (Å²) in [7, 11) is 0. The van der Waals surface area contributed by atoms with E-state index in [1.807, 2.05) is 30.3 Å². The Morgan fingerprint density at radius 3 is 2.51 bits per heavy atom. The van der Waals surface area contributed by atoms with Crippen molar-refractivity contribution in [1.82, 2.24) is 0 Å². The van der Waals surface area contributed by atoms with E-state index < -0.39 is 17.7 Å². The number of aliphatic hydroxyl groups is 1. The third kappa shape index (κ3) is 4.19. The van der Waals surface area contributed by atoms with Crippen LogP contribution in [0.5, 0.6) is 11.5 Å². The lowest BCUT2D eigenvalue weighted by molar-refractivity contribution is -0.132. The number of benzene rings is 4. The van der Waals surface area contributed by atoms with E-state index in [0.29, 0.717) is 34.0 Å². The summed E-state index contributed by atoms with van der Waals surface area (Å²) in [6, 6.07) is 21.6. The molecule has 2 N–H and O–H groups in total. The van der Waals surface area contributed by atoms with Crippen LogP contribution in [0.25, 0.3) is 16.5 Å². The van der Waals surface area contributed by atoms with Gasteiger partial charge in [-0.25, -0.2) is 0 Å². The number of phenols is 1. The van der Waals surface area contributed by atoms with Crippen LogP contribution in [0.3, 0.4) is 0 Å². The Labute approximate surface area is 219 Å². The van der Waals surface area contributed by atoms with Gasteiger partial charge in [-0.2, -0.15) is 0 Å². The molecule has 1 heterocycles. The maximum atomic E-state index is 13.6. The molecule has 1 aliphatic heterocycles. The second-order valence-corrected chi connectivity index (χ2v) is 9.22. The molecule has 0 bridgehead atoms. The zero-order chi connectivity index (χ0) is 26.3. The molecule has 0 aliphatic carbocycles. The number of nitrogens with zero attached hydrogens (tertiary/aromatic N) is 1. The molecule has 37 heavy (non-hydrogen) atoms. The minimum absolute atomic E-state index is 0.0520. The first-order valence-electron chi connectivity index (χ1n) is 11.8. The molecule has 1 fully saturated rings. The molecule has 1 unspecified atom stereocenters. The Morgan fingerprint density at radius 1 is 1.00 bits per heavy atom. The minimum atomic E-state index is -0.973. The molecule has 0 radical (unpaired) electrons. The summed E-state index contributed by atoms with van der Waals surface area (Å²) in [6.07, 6.45) is 0. The number of amides is 1. The second kappa shape index (κ2) is 9.64. The predicted octanol–water partition coefficient (Wildman–Crippen LogP) is 6.53. The van der Waals surface area contributed by atoms with Crippen LogP contribution in [-0.2, 0) is 9.59 Å². The number of hydrogen-bond acceptors (Lipinski definition) is 5. The maximum absolute atomic E-state index is 13.6. The highest BCUT2D eigenvalue weighted by Gasteiger charge is 2.47. The fourth-order valence-electron chi connectivity index (χ4n) is 4.83. The number of rotatable bonds is 5. The Bertz CT molecular complexity index is 1590. The van der Waals surface area contributed by atoms with Gasteiger partial charge in [0.25, 0.3) is 11.7 Å². The number of halogens is 1. The smallest absolute Gasteiger partial charge is 0.300 e. The summed E-state index contributed by atoms with van der Waals surface area (Å²) in [4.78, 5) is 28.5. The van der Waals surface area contributed by atoms with Crippen LogP contribution in [0.4, 0.5) is 5.69 Å². The molecule has 1 atom stereocenters. The van der Waals surface area contributed by atoms with Gasteiger partial charge < -0.3 is 14.9 Å². The van der Waals surface area contributed by atoms with E-state index >= 15 is 0 Å². The van der Waals surface area contributed by atoms with Gasteiger partial charge in [-0.05, 0) is 66.1 Å². The standard InChI is InChI=1S/C30H24ClNO5/c1-3-37-25-16-19(11-14-24(25)33)27-26(28(34)22-10-6-8-18-7-4-5-9-21(18)22)29(35)30(36)32(27)23-13-12-20(31)15-17(23)2/h4-16,27,33-34H,3H2,1-2H3/b28-26+. The summed E-state index contributed by atoms with van der Waals surface area (Å²) >= 11 is 6.17. The highest BCUT2D eigenvalue weighted by molar-refractivity contribution is 6.52. The number of phenolic OH excluding ortho intramolecular Hbond substituents is 1. The quantitative estimate of drug-likeness (QED) is 0.180. The van der Waals surface area contributed by atoms with E-state index in [9.17, 15) is 19.8 Å². The molecule has 4 aromatic rings. The first-order chi connectivity index (χ1) is 17.8. The Morgan fingerprint density at radius 2 is 1.76 bits per heavy atom. The van der Waals surface area contributed by atoms with Gasteiger partial charge in [0, 0.05) is 16.3 Å². The van der Waals surface area contributed by atoms with Crippen molar-refractivity contribution in [3.63, 3.8) is 0 Å². The second-order valence-electron chi connectivity index (χ2n) is 8.79. The number of hydrogen-bond donors (Lipinski definition) is 2. The summed E-state index contributed by atoms with van der Waals surface area (Å²) < 4.78 is 5.57. The number of aryl methyl sites for hydroxylation is 1. The molecule has 1 amide bonds. The number of fused-ring (bicyclic) bond motifs is 1. The first-order valence-corrected chi connectivity index (χ1v) is 12.2. The predicted molar refractivity (Wildman–Crippen MR) is 144 cm³/mol. The van der Waals surface area contributed by atoms with E-state index in [-0.39, 0.29) is 22.8 Å². The number of Topliss-reactive ketones (excluding diaryl/α,β-unsaturated/α-hetero) is 1. The van der Waals surface area contributed by atoms with Crippen LogP contribution in [0.15, 0.2) is 84.4 Å². The number of ketones is 1. The van der Waals surface area contributed by atoms with Crippen molar-refractivity contribution >= 4 is 45.5 Å². The van der Waals surface area contributed by atoms with Crippen LogP contribution in [0.2, 0.25) is 5.02 Å². The van der Waals surface area contributed by atoms with Crippen molar-refractivity contribution in [1.29, 1.82) is 0 Å². The third-order valence-corrected chi connectivity index (χ3v) is 6.74. The lowest BCUT2D eigenvalue weighted by Gasteiger charge is -2.27. The number of aromatic hydroxyl groups is 1. The maximum Gasteiger partial charge on any atom is 0.300 e. The molecular weight excluding hydrogens is 490 g/mol. The molecule has 7 heteroatoms. The van der Waals surface area contributed by atoms with Gasteiger partial charge in [-0.15, -0.1) is 0 Å². The SMILES string of the molecule is CCOc1cc(C2/C(=C(\O)c3cccc4ccccc34)C(=O)C(=O)N2c2ccc(Cl)cc2C)ccc1O. The van der Waals surface area contributed by atoms with Gasteiger partial charge in [0.15, 0.2) is 11.5 Å². The normalized spacial score (nSPS) is 16.9. The van der Waals surface area contributed by atoms with Crippen molar-refractivity contribution in [2.75, 3.05) is 11.5 Å². The number of aliphatic hydroxyl groups excluding tert-OH is 1. The molecule has 1 saturated heterocycles. The number of anilines is 1. The van der Waals surface area contributed by atoms with Crippen molar-refractivity contribution in [3.8, 4) is 11.5 Å². The molecule has 5 rings (SSSR count). The van der Waals surface area contributed by atoms with Crippen LogP contribution in [0.1, 0.15) is 29.7 Å². The van der Waals surface area contributed by atoms with Crippen molar-refractivity contribution < 1.29 is 24.5 Å². The number of ether oxygens (including phenoxy) is 1. The topological polar surface area (TPSA) is 87.1 Å². The van der Waals surface area contributed by atoms with Gasteiger partial charge in [0.05, 0.1) is 18.2 Å². The van der Waals surface area contributed by atoms with Gasteiger partial charge in [0.1, 0.15) is 5.76 Å². The average Bonchev–Trinajstić information content (AvgIpc) is 3.15. The zero-order valence-electron chi connectivity index (χ0n) is 20.2. The van der Waals surface area contributed by atoms with Crippen LogP contribution in [0, 0.1) is 6.92 Å². The molecule has 186 valence electrons. The van der Waals surface area contributed by atoms with E-state index in [4.69, 9.17) is 16.3 Å². The average molecular weight is 514 g/mol. The summed E-state index contributed by atoms with van der Waals surface area (Å²) in [5.74, 6) is -1.72. The number of carbonyl (C=O) groups is 2. The van der Waals surface area contributed by atoms with Crippen molar-refractivity contribution in [2.45, 2.75) is 19.9 Å². The van der Waals surface area contributed by atoms with Crippen LogP contribution in [-0.4, -0.2) is 28.5 Å². The highest BCUT2D eigenvalue weighted by atomic mass is 35.5. The van der Waals surface area contributed by atoms with Gasteiger partial charge in [0.2, 0.25) is 0 Å². The monoisotopic (exact) mass is 513 g/mol. The molecule has 0 aromatic heterocycles. The van der Waals surface area contributed by atoms with Gasteiger partial charge in [-0.3, -0.25) is 14.5 Å². The zero-order valence-corrected chi connectivity index (χ0v) is 21.0. The Hall–Kier alpha value is -4.29. The summed E-state index contributed by atoms with van der Waals surface area (Å²) in [5.41, 5.74) is 2.06. The van der Waals surface area contributed by atoms with E-state index in [1.165, 1.54) is 11.0 Å². The van der Waals surface area contributed by atoms with Crippen molar-refractivity contribution in [3.05, 3.63) is 106 Å². The van der Waals surface area contributed by atoms with Crippen LogP contribution >= 0.6 is 11.6 Å². The Balaban J connectivity index is 1.80. The molecule has 6 nitrogen and oxygen atoms in total. The van der Waals surface area contributed by atoms with Gasteiger partial charge >= 0.3 is 0 Å². The third-order valence-electron chi connectivity index (χ3n) is 6.51. The lowest BCUT2D eigenvalue weighted by Crippen LogP contribution is -2.30.